The lowest BCUT2D eigenvalue weighted by Crippen LogP contribution is -2.22. The first kappa shape index (κ1) is 15.3. The molecule has 9 heteroatoms. The predicted molar refractivity (Wildman–Crippen MR) is 78.9 cm³/mol. The Labute approximate surface area is 127 Å². The smallest absolute Gasteiger partial charge is 0.278 e. The number of aromatic nitrogens is 2. The Morgan fingerprint density at radius 3 is 2.67 bits per heavy atom. The number of hydrogen-bond acceptors (Lipinski definition) is 4. The van der Waals surface area contributed by atoms with Gasteiger partial charge in [0.15, 0.2) is 5.03 Å². The lowest BCUT2D eigenvalue weighted by molar-refractivity contribution is 0.0828. The molecule has 0 saturated heterocycles. The highest BCUT2D eigenvalue weighted by Crippen LogP contribution is 2.23. The standard InChI is InChI=1S/C12H13ClN4O3S/c1-17(2)12(18)9-5-8(3-4-10(9)13)16-21(19,20)11-6-14-7-15-11/h3-7,16H,1-2H3,(H,14,15). The number of nitrogens with one attached hydrogen (secondary N) is 2. The van der Waals surface area contributed by atoms with Gasteiger partial charge in [-0.25, -0.2) is 4.98 Å². The molecule has 2 aromatic rings. The largest absolute Gasteiger partial charge is 0.345 e. The van der Waals surface area contributed by atoms with Crippen LogP contribution in [-0.4, -0.2) is 43.3 Å². The number of carbonyl (C=O) groups is 1. The van der Waals surface area contributed by atoms with E-state index < -0.39 is 10.0 Å². The number of H-pyrrole nitrogens is 1. The SMILES string of the molecule is CN(C)C(=O)c1cc(NS(=O)(=O)c2cnc[nH]2)ccc1Cl. The molecule has 0 radical (unpaired) electrons. The molecular weight excluding hydrogens is 316 g/mol. The van der Waals surface area contributed by atoms with Crippen LogP contribution in [0.5, 0.6) is 0 Å². The van der Waals surface area contributed by atoms with Gasteiger partial charge in [-0.05, 0) is 18.2 Å². The van der Waals surface area contributed by atoms with E-state index in [0.717, 1.165) is 0 Å². The molecule has 0 bridgehead atoms. The van der Waals surface area contributed by atoms with Crippen LogP contribution in [0.15, 0.2) is 35.7 Å². The van der Waals surface area contributed by atoms with E-state index in [0.29, 0.717) is 0 Å². The van der Waals surface area contributed by atoms with Gasteiger partial charge in [-0.3, -0.25) is 9.52 Å². The molecule has 0 fully saturated rings. The average Bonchev–Trinajstić information content (AvgIpc) is 2.94. The van der Waals surface area contributed by atoms with E-state index in [4.69, 9.17) is 11.6 Å². The van der Waals surface area contributed by atoms with E-state index in [9.17, 15) is 13.2 Å². The number of amides is 1. The number of carbonyl (C=O) groups excluding carboxylic acids is 1. The summed E-state index contributed by atoms with van der Waals surface area (Å²) in [6.07, 6.45) is 2.45. The van der Waals surface area contributed by atoms with Crippen molar-refractivity contribution in [2.24, 2.45) is 0 Å². The number of halogens is 1. The molecule has 0 aliphatic rings. The van der Waals surface area contributed by atoms with E-state index in [1.54, 1.807) is 14.1 Å². The van der Waals surface area contributed by atoms with Crippen molar-refractivity contribution in [3.05, 3.63) is 41.3 Å². The Balaban J connectivity index is 2.34. The molecule has 0 saturated carbocycles. The highest BCUT2D eigenvalue weighted by molar-refractivity contribution is 7.92. The molecule has 1 aromatic heterocycles. The Bertz CT molecular complexity index is 757. The summed E-state index contributed by atoms with van der Waals surface area (Å²) in [6.45, 7) is 0. The monoisotopic (exact) mass is 328 g/mol. The lowest BCUT2D eigenvalue weighted by Gasteiger charge is -2.13. The van der Waals surface area contributed by atoms with Crippen molar-refractivity contribution in [2.45, 2.75) is 5.03 Å². The molecule has 0 spiro atoms. The van der Waals surface area contributed by atoms with Gasteiger partial charge in [0.1, 0.15) is 0 Å². The summed E-state index contributed by atoms with van der Waals surface area (Å²) in [5.74, 6) is -0.317. The van der Waals surface area contributed by atoms with Crippen LogP contribution >= 0.6 is 11.6 Å². The molecule has 0 aliphatic heterocycles. The second-order valence-corrected chi connectivity index (χ2v) is 6.47. The fraction of sp³-hybridized carbons (Fsp3) is 0.167. The first-order chi connectivity index (χ1) is 9.81. The van der Waals surface area contributed by atoms with E-state index in [1.165, 1.54) is 35.6 Å². The molecule has 0 aliphatic carbocycles. The maximum absolute atomic E-state index is 12.1. The summed E-state index contributed by atoms with van der Waals surface area (Å²) < 4.78 is 26.5. The topological polar surface area (TPSA) is 95.2 Å². The quantitative estimate of drug-likeness (QED) is 0.890. The molecule has 1 aromatic carbocycles. The second-order valence-electron chi connectivity index (χ2n) is 4.42. The Hall–Kier alpha value is -2.06. The van der Waals surface area contributed by atoms with Gasteiger partial charge in [-0.15, -0.1) is 0 Å². The fourth-order valence-corrected chi connectivity index (χ4v) is 2.75. The maximum Gasteiger partial charge on any atom is 0.278 e. The Morgan fingerprint density at radius 2 is 2.10 bits per heavy atom. The second kappa shape index (κ2) is 5.74. The number of hydrogen-bond donors (Lipinski definition) is 2. The van der Waals surface area contributed by atoms with Crippen molar-refractivity contribution in [3.63, 3.8) is 0 Å². The minimum absolute atomic E-state index is 0.0714. The summed E-state index contributed by atoms with van der Waals surface area (Å²) in [4.78, 5) is 19.5. The van der Waals surface area contributed by atoms with Gasteiger partial charge in [0, 0.05) is 19.8 Å². The molecular formula is C12H13ClN4O3S. The molecule has 0 atom stereocenters. The van der Waals surface area contributed by atoms with Gasteiger partial charge in [-0.1, -0.05) is 11.6 Å². The van der Waals surface area contributed by atoms with Crippen LogP contribution in [0.2, 0.25) is 5.02 Å². The van der Waals surface area contributed by atoms with Crippen molar-refractivity contribution >= 4 is 33.2 Å². The average molecular weight is 329 g/mol. The van der Waals surface area contributed by atoms with Gasteiger partial charge in [-0.2, -0.15) is 8.42 Å². The van der Waals surface area contributed by atoms with Crippen LogP contribution in [-0.2, 0) is 10.0 Å². The molecule has 2 N–H and O–H groups in total. The van der Waals surface area contributed by atoms with Gasteiger partial charge < -0.3 is 9.88 Å². The van der Waals surface area contributed by atoms with Gasteiger partial charge in [0.25, 0.3) is 15.9 Å². The minimum Gasteiger partial charge on any atom is -0.345 e. The lowest BCUT2D eigenvalue weighted by atomic mass is 10.2. The molecule has 1 amide bonds. The van der Waals surface area contributed by atoms with Crippen molar-refractivity contribution < 1.29 is 13.2 Å². The Kier molecular flexibility index (Phi) is 4.19. The summed E-state index contributed by atoms with van der Waals surface area (Å²) >= 11 is 5.97. The highest BCUT2D eigenvalue weighted by atomic mass is 35.5. The third kappa shape index (κ3) is 3.34. The first-order valence-electron chi connectivity index (χ1n) is 5.83. The van der Waals surface area contributed by atoms with Gasteiger partial charge in [0.2, 0.25) is 0 Å². The summed E-state index contributed by atoms with van der Waals surface area (Å²) in [5, 5.41) is 0.177. The van der Waals surface area contributed by atoms with Gasteiger partial charge >= 0.3 is 0 Å². The molecule has 112 valence electrons. The van der Waals surface area contributed by atoms with Crippen molar-refractivity contribution in [3.8, 4) is 0 Å². The van der Waals surface area contributed by atoms with Crippen molar-refractivity contribution in [2.75, 3.05) is 18.8 Å². The number of rotatable bonds is 4. The number of anilines is 1. The van der Waals surface area contributed by atoms with Gasteiger partial charge in [0.05, 0.1) is 23.1 Å². The van der Waals surface area contributed by atoms with Crippen LogP contribution in [0.25, 0.3) is 0 Å². The molecule has 21 heavy (non-hydrogen) atoms. The number of nitrogens with zero attached hydrogens (tertiary/aromatic N) is 2. The minimum atomic E-state index is -3.78. The molecule has 7 nitrogen and oxygen atoms in total. The fourth-order valence-electron chi connectivity index (χ4n) is 1.59. The van der Waals surface area contributed by atoms with Crippen LogP contribution in [0.4, 0.5) is 5.69 Å². The number of imidazole rings is 1. The number of benzene rings is 1. The zero-order valence-electron chi connectivity index (χ0n) is 11.3. The molecule has 0 unspecified atom stereocenters. The molecule has 1 heterocycles. The molecule has 2 rings (SSSR count). The summed E-state index contributed by atoms with van der Waals surface area (Å²) in [7, 11) is -0.615. The van der Waals surface area contributed by atoms with E-state index in [-0.39, 0.29) is 27.2 Å². The van der Waals surface area contributed by atoms with Crippen molar-refractivity contribution in [1.82, 2.24) is 14.9 Å². The van der Waals surface area contributed by atoms with Crippen LogP contribution in [0.3, 0.4) is 0 Å². The van der Waals surface area contributed by atoms with Crippen LogP contribution < -0.4 is 4.72 Å². The summed E-state index contributed by atoms with van der Waals surface area (Å²) in [5.41, 5.74) is 0.450. The van der Waals surface area contributed by atoms with E-state index in [1.807, 2.05) is 0 Å². The highest BCUT2D eigenvalue weighted by Gasteiger charge is 2.18. The Morgan fingerprint density at radius 1 is 1.38 bits per heavy atom. The summed E-state index contributed by atoms with van der Waals surface area (Å²) in [6, 6.07) is 4.32. The first-order valence-corrected chi connectivity index (χ1v) is 7.70. The van der Waals surface area contributed by atoms with E-state index >= 15 is 0 Å². The predicted octanol–water partition coefficient (Wildman–Crippen LogP) is 1.57. The number of aromatic amines is 1. The van der Waals surface area contributed by atoms with Crippen LogP contribution in [0.1, 0.15) is 10.4 Å². The number of sulfonamides is 1. The zero-order chi connectivity index (χ0) is 15.6. The third-order valence-corrected chi connectivity index (χ3v) is 4.25. The third-order valence-electron chi connectivity index (χ3n) is 2.62. The van der Waals surface area contributed by atoms with E-state index in [2.05, 4.69) is 14.7 Å². The zero-order valence-corrected chi connectivity index (χ0v) is 12.9. The van der Waals surface area contributed by atoms with Crippen molar-refractivity contribution in [1.29, 1.82) is 0 Å². The van der Waals surface area contributed by atoms with Crippen LogP contribution in [0, 0.1) is 0 Å². The maximum atomic E-state index is 12.1. The normalized spacial score (nSPS) is 11.2.